The molecule has 2 heterocycles. The summed E-state index contributed by atoms with van der Waals surface area (Å²) in [4.78, 5) is 58.4. The first kappa shape index (κ1) is 29.1. The van der Waals surface area contributed by atoms with Crippen molar-refractivity contribution in [3.8, 4) is 0 Å². The summed E-state index contributed by atoms with van der Waals surface area (Å²) in [5, 5.41) is 6.78. The van der Waals surface area contributed by atoms with E-state index >= 15 is 0 Å². The van der Waals surface area contributed by atoms with Gasteiger partial charge in [-0.3, -0.25) is 19.2 Å². The third-order valence-electron chi connectivity index (χ3n) is 8.45. The number of halogens is 1. The van der Waals surface area contributed by atoms with Crippen LogP contribution in [-0.4, -0.2) is 63.9 Å². The highest BCUT2D eigenvalue weighted by molar-refractivity contribution is 6.28. The molecular formula is C30H41ClN4O4. The fourth-order valence-corrected chi connectivity index (χ4v) is 6.38. The Hall–Kier alpha value is -2.87. The van der Waals surface area contributed by atoms with Crippen LogP contribution < -0.4 is 10.6 Å². The maximum Gasteiger partial charge on any atom is 0.268 e. The number of nitrogens with zero attached hydrogens (tertiary/aromatic N) is 1. The van der Waals surface area contributed by atoms with E-state index in [9.17, 15) is 19.2 Å². The number of alkyl halides is 1. The van der Waals surface area contributed by atoms with E-state index in [1.807, 2.05) is 58.9 Å². The van der Waals surface area contributed by atoms with Gasteiger partial charge >= 0.3 is 0 Å². The van der Waals surface area contributed by atoms with Crippen molar-refractivity contribution >= 4 is 46.0 Å². The smallest absolute Gasteiger partial charge is 0.268 e. The lowest BCUT2D eigenvalue weighted by Crippen LogP contribution is -2.59. The molecule has 1 aromatic heterocycles. The van der Waals surface area contributed by atoms with E-state index in [0.717, 1.165) is 10.9 Å². The SMILES string of the molecule is CC(C)C[C@H](NC(=O)c1cc2ccccc2[nH]1)C(=O)N1C[C@H]2[C@@H]([C@H]1C(=O)NC(C(=O)CCl)C(C)(C)C)C2(C)C. The Morgan fingerprint density at radius 1 is 1.13 bits per heavy atom. The molecule has 39 heavy (non-hydrogen) atoms. The van der Waals surface area contributed by atoms with E-state index in [-0.39, 0.29) is 52.6 Å². The number of aromatic amines is 1. The Labute approximate surface area is 235 Å². The Balaban J connectivity index is 1.58. The summed E-state index contributed by atoms with van der Waals surface area (Å²) in [6.07, 6.45) is 0.434. The Morgan fingerprint density at radius 2 is 1.79 bits per heavy atom. The van der Waals surface area contributed by atoms with Gasteiger partial charge in [-0.25, -0.2) is 0 Å². The van der Waals surface area contributed by atoms with Crippen LogP contribution in [0.5, 0.6) is 0 Å². The molecule has 1 aromatic carbocycles. The predicted octanol–water partition coefficient (Wildman–Crippen LogP) is 4.13. The quantitative estimate of drug-likeness (QED) is 0.403. The molecule has 2 fully saturated rings. The Morgan fingerprint density at radius 3 is 2.38 bits per heavy atom. The summed E-state index contributed by atoms with van der Waals surface area (Å²) < 4.78 is 0. The van der Waals surface area contributed by atoms with Gasteiger partial charge in [0, 0.05) is 17.4 Å². The molecule has 0 spiro atoms. The maximum atomic E-state index is 14.0. The minimum Gasteiger partial charge on any atom is -0.351 e. The number of H-pyrrole nitrogens is 1. The summed E-state index contributed by atoms with van der Waals surface area (Å²) in [7, 11) is 0. The second-order valence-corrected chi connectivity index (χ2v) is 13.5. The number of para-hydroxylation sites is 1. The van der Waals surface area contributed by atoms with Crippen LogP contribution in [-0.2, 0) is 14.4 Å². The average molecular weight is 557 g/mol. The molecular weight excluding hydrogens is 516 g/mol. The summed E-state index contributed by atoms with van der Waals surface area (Å²) in [6, 6.07) is 7.10. The van der Waals surface area contributed by atoms with Crippen LogP contribution in [0.3, 0.4) is 0 Å². The highest BCUT2D eigenvalue weighted by Gasteiger charge is 2.69. The molecule has 1 saturated carbocycles. The highest BCUT2D eigenvalue weighted by Crippen LogP contribution is 2.65. The van der Waals surface area contributed by atoms with Crippen LogP contribution in [0.1, 0.15) is 65.4 Å². The van der Waals surface area contributed by atoms with Gasteiger partial charge in [0.25, 0.3) is 5.91 Å². The minimum atomic E-state index is -0.789. The number of carbonyl (C=O) groups excluding carboxylic acids is 4. The number of hydrogen-bond donors (Lipinski definition) is 3. The lowest BCUT2D eigenvalue weighted by molar-refractivity contribution is -0.143. The van der Waals surface area contributed by atoms with E-state index in [1.165, 1.54) is 0 Å². The number of amides is 3. The molecule has 2 aliphatic rings. The summed E-state index contributed by atoms with van der Waals surface area (Å²) >= 11 is 5.86. The zero-order valence-electron chi connectivity index (χ0n) is 23.9. The molecule has 5 atom stereocenters. The Bertz CT molecular complexity index is 1240. The number of Topliss-reactive ketones (excluding diaryl/α,β-unsaturated/α-hetero) is 1. The topological polar surface area (TPSA) is 111 Å². The van der Waals surface area contributed by atoms with Gasteiger partial charge in [-0.2, -0.15) is 0 Å². The lowest BCUT2D eigenvalue weighted by Gasteiger charge is -2.36. The summed E-state index contributed by atoms with van der Waals surface area (Å²) in [5.41, 5.74) is 0.590. The van der Waals surface area contributed by atoms with Gasteiger partial charge in [0.1, 0.15) is 17.8 Å². The molecule has 1 unspecified atom stereocenters. The number of piperidine rings is 1. The van der Waals surface area contributed by atoms with Crippen molar-refractivity contribution in [2.24, 2.45) is 28.6 Å². The monoisotopic (exact) mass is 556 g/mol. The second kappa shape index (κ2) is 10.6. The van der Waals surface area contributed by atoms with E-state index in [0.29, 0.717) is 18.7 Å². The lowest BCUT2D eigenvalue weighted by atomic mass is 9.84. The van der Waals surface area contributed by atoms with Gasteiger partial charge in [-0.1, -0.05) is 66.7 Å². The first-order chi connectivity index (χ1) is 18.2. The van der Waals surface area contributed by atoms with Crippen molar-refractivity contribution < 1.29 is 19.2 Å². The first-order valence-corrected chi connectivity index (χ1v) is 14.3. The summed E-state index contributed by atoms with van der Waals surface area (Å²) in [5.74, 6) is -1.15. The van der Waals surface area contributed by atoms with Crippen LogP contribution in [0, 0.1) is 28.6 Å². The fourth-order valence-electron chi connectivity index (χ4n) is 6.22. The molecule has 0 bridgehead atoms. The van der Waals surface area contributed by atoms with Gasteiger partial charge in [0.05, 0.1) is 11.9 Å². The van der Waals surface area contributed by atoms with Gasteiger partial charge in [-0.05, 0) is 47.1 Å². The largest absolute Gasteiger partial charge is 0.351 e. The van der Waals surface area contributed by atoms with Crippen LogP contribution in [0.25, 0.3) is 10.9 Å². The van der Waals surface area contributed by atoms with E-state index in [1.54, 1.807) is 11.0 Å². The van der Waals surface area contributed by atoms with Crippen molar-refractivity contribution in [3.05, 3.63) is 36.0 Å². The van der Waals surface area contributed by atoms with Gasteiger partial charge in [0.15, 0.2) is 5.78 Å². The zero-order chi connectivity index (χ0) is 28.9. The second-order valence-electron chi connectivity index (χ2n) is 13.2. The number of fused-ring (bicyclic) bond motifs is 2. The number of benzene rings is 1. The molecule has 0 radical (unpaired) electrons. The number of likely N-dealkylation sites (tertiary alicyclic amines) is 1. The van der Waals surface area contributed by atoms with E-state index < -0.39 is 23.5 Å². The van der Waals surface area contributed by atoms with Crippen molar-refractivity contribution in [3.63, 3.8) is 0 Å². The molecule has 8 nitrogen and oxygen atoms in total. The molecule has 2 aromatic rings. The number of nitrogens with one attached hydrogen (secondary N) is 3. The number of carbonyl (C=O) groups is 4. The number of rotatable bonds is 9. The zero-order valence-corrected chi connectivity index (χ0v) is 24.7. The van der Waals surface area contributed by atoms with Gasteiger partial charge < -0.3 is 20.5 Å². The van der Waals surface area contributed by atoms with Crippen LogP contribution in [0.15, 0.2) is 30.3 Å². The third-order valence-corrected chi connectivity index (χ3v) is 8.72. The molecule has 212 valence electrons. The van der Waals surface area contributed by atoms with E-state index in [2.05, 4.69) is 29.5 Å². The molecule has 1 aliphatic carbocycles. The van der Waals surface area contributed by atoms with Crippen molar-refractivity contribution in [1.29, 1.82) is 0 Å². The number of aromatic nitrogens is 1. The number of hydrogen-bond acceptors (Lipinski definition) is 4. The van der Waals surface area contributed by atoms with Crippen molar-refractivity contribution in [1.82, 2.24) is 20.5 Å². The van der Waals surface area contributed by atoms with Gasteiger partial charge in [0.2, 0.25) is 11.8 Å². The maximum absolute atomic E-state index is 14.0. The average Bonchev–Trinajstić information content (AvgIpc) is 3.23. The normalized spacial score (nSPS) is 23.3. The van der Waals surface area contributed by atoms with Gasteiger partial charge in [-0.15, -0.1) is 11.6 Å². The first-order valence-electron chi connectivity index (χ1n) is 13.7. The highest BCUT2D eigenvalue weighted by atomic mass is 35.5. The van der Waals surface area contributed by atoms with Crippen LogP contribution in [0.2, 0.25) is 0 Å². The number of ketones is 1. The molecule has 1 saturated heterocycles. The molecule has 1 aliphatic heterocycles. The Kier molecular flexibility index (Phi) is 7.92. The molecule has 3 amide bonds. The summed E-state index contributed by atoms with van der Waals surface area (Å²) in [6.45, 7) is 14.3. The van der Waals surface area contributed by atoms with Crippen molar-refractivity contribution in [2.75, 3.05) is 12.4 Å². The van der Waals surface area contributed by atoms with Crippen LogP contribution in [0.4, 0.5) is 0 Å². The van der Waals surface area contributed by atoms with E-state index in [4.69, 9.17) is 11.6 Å². The molecule has 9 heteroatoms. The molecule has 3 N–H and O–H groups in total. The molecule has 4 rings (SSSR count). The fraction of sp³-hybridized carbons (Fsp3) is 0.600. The van der Waals surface area contributed by atoms with Crippen molar-refractivity contribution in [2.45, 2.75) is 73.0 Å². The minimum absolute atomic E-state index is 0.0164. The third kappa shape index (κ3) is 5.72. The predicted molar refractivity (Wildman–Crippen MR) is 152 cm³/mol. The standard InChI is InChI=1S/C30H41ClN4O4/c1-16(2)12-21(33-26(37)20-13-17-10-8-9-11-19(17)32-20)28(39)35-15-18-23(30(18,6)7)24(35)27(38)34-25(22(36)14-31)29(3,4)5/h8-11,13,16,18,21,23-25,32H,12,14-15H2,1-7H3,(H,33,37)(H,34,38)/t18-,21-,23-,24-,25?/m0/s1. The van der Waals surface area contributed by atoms with Crippen LogP contribution >= 0.6 is 11.6 Å².